The highest BCUT2D eigenvalue weighted by molar-refractivity contribution is 7.24. The van der Waals surface area contributed by atoms with E-state index in [0.717, 1.165) is 75.0 Å². The predicted octanol–water partition coefficient (Wildman–Crippen LogP) is 6.54. The zero-order valence-corrected chi connectivity index (χ0v) is 24.5. The molecule has 1 aliphatic heterocycles. The fraction of sp³-hybridized carbons (Fsp3) is 0.414. The molecule has 0 atom stereocenters. The molecule has 7 nitrogen and oxygen atoms in total. The Morgan fingerprint density at radius 3 is 2.31 bits per heavy atom. The molecule has 0 unspecified atom stereocenters. The number of fused-ring (bicyclic) bond motifs is 3. The Kier molecular flexibility index (Phi) is 6.88. The molecule has 1 saturated heterocycles. The van der Waals surface area contributed by atoms with Gasteiger partial charge >= 0.3 is 0 Å². The number of piperazine rings is 1. The molecule has 202 valence electrons. The zero-order valence-electron chi connectivity index (χ0n) is 22.0. The SMILES string of the molecule is Cc1c2nc(NCC(=O)N3CCN(C4CCCC4)CC3)sc2cc2sc(NCc3cc4ccccc4s3)nc12. The number of benzene rings is 2. The molecule has 1 amide bonds. The van der Waals surface area contributed by atoms with Gasteiger partial charge in [0.05, 0.1) is 33.5 Å². The molecule has 0 radical (unpaired) electrons. The molecule has 2 fully saturated rings. The molecule has 3 aromatic heterocycles. The minimum atomic E-state index is 0.161. The van der Waals surface area contributed by atoms with Crippen LogP contribution in [0.1, 0.15) is 36.1 Å². The molecule has 7 rings (SSSR count). The second-order valence-electron chi connectivity index (χ2n) is 10.5. The van der Waals surface area contributed by atoms with Crippen molar-refractivity contribution in [2.24, 2.45) is 0 Å². The average molecular weight is 577 g/mol. The van der Waals surface area contributed by atoms with Gasteiger partial charge in [0, 0.05) is 47.4 Å². The topological polar surface area (TPSA) is 73.4 Å². The van der Waals surface area contributed by atoms with Crippen LogP contribution in [-0.2, 0) is 11.3 Å². The highest BCUT2D eigenvalue weighted by Gasteiger charge is 2.27. The lowest BCUT2D eigenvalue weighted by atomic mass is 10.2. The van der Waals surface area contributed by atoms with Gasteiger partial charge in [0.25, 0.3) is 0 Å². The predicted molar refractivity (Wildman–Crippen MR) is 166 cm³/mol. The number of nitrogens with zero attached hydrogens (tertiary/aromatic N) is 4. The number of amides is 1. The Hall–Kier alpha value is -2.79. The molecule has 4 heterocycles. The maximum absolute atomic E-state index is 12.9. The molecule has 0 bridgehead atoms. The van der Waals surface area contributed by atoms with E-state index in [2.05, 4.69) is 58.9 Å². The Morgan fingerprint density at radius 1 is 0.897 bits per heavy atom. The van der Waals surface area contributed by atoms with Crippen molar-refractivity contribution in [2.75, 3.05) is 43.4 Å². The van der Waals surface area contributed by atoms with Crippen LogP contribution >= 0.6 is 34.0 Å². The van der Waals surface area contributed by atoms with Gasteiger partial charge in [-0.1, -0.05) is 53.7 Å². The molecule has 1 aliphatic carbocycles. The van der Waals surface area contributed by atoms with Gasteiger partial charge in [0.15, 0.2) is 10.3 Å². The normalized spacial score (nSPS) is 17.1. The Morgan fingerprint density at radius 2 is 1.59 bits per heavy atom. The summed E-state index contributed by atoms with van der Waals surface area (Å²) in [5.74, 6) is 0.161. The minimum absolute atomic E-state index is 0.161. The first kappa shape index (κ1) is 25.2. The van der Waals surface area contributed by atoms with Crippen molar-refractivity contribution in [1.29, 1.82) is 0 Å². The van der Waals surface area contributed by atoms with Crippen LogP contribution in [0.25, 0.3) is 30.5 Å². The van der Waals surface area contributed by atoms with E-state index in [4.69, 9.17) is 9.97 Å². The third-order valence-corrected chi connectivity index (χ3v) is 11.1. The van der Waals surface area contributed by atoms with Gasteiger partial charge in [-0.3, -0.25) is 9.69 Å². The van der Waals surface area contributed by atoms with E-state index < -0.39 is 0 Å². The van der Waals surface area contributed by atoms with Crippen molar-refractivity contribution >= 4 is 80.7 Å². The first-order valence-corrected chi connectivity index (χ1v) is 16.2. The molecular formula is C29H32N6OS3. The number of hydrogen-bond donors (Lipinski definition) is 2. The number of anilines is 2. The van der Waals surface area contributed by atoms with E-state index in [-0.39, 0.29) is 5.91 Å². The number of aryl methyl sites for hydroxylation is 1. The minimum Gasteiger partial charge on any atom is -0.357 e. The third-order valence-electron chi connectivity index (χ3n) is 8.07. The van der Waals surface area contributed by atoms with E-state index in [0.29, 0.717) is 6.54 Å². The van der Waals surface area contributed by atoms with Gasteiger partial charge in [-0.15, -0.1) is 11.3 Å². The highest BCUT2D eigenvalue weighted by Crippen LogP contribution is 2.37. The molecule has 2 aliphatic rings. The van der Waals surface area contributed by atoms with Crippen molar-refractivity contribution < 1.29 is 4.79 Å². The summed E-state index contributed by atoms with van der Waals surface area (Å²) >= 11 is 5.12. The number of hydrogen-bond acceptors (Lipinski definition) is 9. The number of aromatic nitrogens is 2. The van der Waals surface area contributed by atoms with Crippen molar-refractivity contribution in [3.63, 3.8) is 0 Å². The van der Waals surface area contributed by atoms with Gasteiger partial charge in [-0.25, -0.2) is 9.97 Å². The Bertz CT molecular complexity index is 1610. The fourth-order valence-electron chi connectivity index (χ4n) is 5.93. The van der Waals surface area contributed by atoms with Gasteiger partial charge in [-0.05, 0) is 43.4 Å². The summed E-state index contributed by atoms with van der Waals surface area (Å²) in [5.41, 5.74) is 3.06. The highest BCUT2D eigenvalue weighted by atomic mass is 32.1. The largest absolute Gasteiger partial charge is 0.357 e. The number of rotatable bonds is 7. The van der Waals surface area contributed by atoms with E-state index in [1.807, 2.05) is 16.2 Å². The van der Waals surface area contributed by atoms with Gasteiger partial charge in [-0.2, -0.15) is 0 Å². The van der Waals surface area contributed by atoms with Crippen LogP contribution in [0.3, 0.4) is 0 Å². The average Bonchev–Trinajstić information content (AvgIpc) is 3.76. The maximum atomic E-state index is 12.9. The standard InChI is InChI=1S/C29H32N6OS3/c1-18-26-23(38-28(32-26)30-16-21-14-19-6-2-5-9-22(19)37-21)15-24-27(18)33-29(39-24)31-17-25(36)35-12-10-34(11-13-35)20-7-3-4-8-20/h2,5-6,9,14-15,20H,3-4,7-8,10-13,16-17H2,1H3,(H,30,32)(H,31,33). The quantitative estimate of drug-likeness (QED) is 0.229. The summed E-state index contributed by atoms with van der Waals surface area (Å²) < 4.78 is 3.60. The van der Waals surface area contributed by atoms with Gasteiger partial charge in [0.2, 0.25) is 5.91 Å². The van der Waals surface area contributed by atoms with Crippen LogP contribution in [0, 0.1) is 6.92 Å². The summed E-state index contributed by atoms with van der Waals surface area (Å²) in [6, 6.07) is 13.7. The van der Waals surface area contributed by atoms with Crippen LogP contribution in [0.2, 0.25) is 0 Å². The summed E-state index contributed by atoms with van der Waals surface area (Å²) in [6.07, 6.45) is 5.36. The fourth-order valence-corrected chi connectivity index (χ4v) is 8.94. The van der Waals surface area contributed by atoms with Crippen LogP contribution < -0.4 is 10.6 Å². The van der Waals surface area contributed by atoms with Crippen LogP contribution in [0.15, 0.2) is 36.4 Å². The smallest absolute Gasteiger partial charge is 0.242 e. The molecule has 10 heteroatoms. The van der Waals surface area contributed by atoms with E-state index in [1.54, 1.807) is 22.7 Å². The number of thiazole rings is 2. The van der Waals surface area contributed by atoms with Crippen LogP contribution in [-0.4, -0.2) is 64.4 Å². The van der Waals surface area contributed by atoms with Crippen LogP contribution in [0.5, 0.6) is 0 Å². The lowest BCUT2D eigenvalue weighted by molar-refractivity contribution is -0.131. The van der Waals surface area contributed by atoms with Gasteiger partial charge < -0.3 is 15.5 Å². The number of carbonyl (C=O) groups excluding carboxylic acids is 1. The van der Waals surface area contributed by atoms with Crippen LogP contribution in [0.4, 0.5) is 10.3 Å². The first-order valence-electron chi connectivity index (χ1n) is 13.8. The summed E-state index contributed by atoms with van der Waals surface area (Å²) in [5, 5.41) is 9.85. The van der Waals surface area contributed by atoms with Crippen molar-refractivity contribution in [3.8, 4) is 0 Å². The number of thiophene rings is 1. The molecule has 2 aromatic carbocycles. The monoisotopic (exact) mass is 576 g/mol. The third kappa shape index (κ3) is 5.11. The molecule has 2 N–H and O–H groups in total. The Balaban J connectivity index is 0.987. The summed E-state index contributed by atoms with van der Waals surface area (Å²) in [4.78, 5) is 28.5. The molecule has 5 aromatic rings. The lowest BCUT2D eigenvalue weighted by Crippen LogP contribution is -2.52. The van der Waals surface area contributed by atoms with E-state index in [9.17, 15) is 4.79 Å². The summed E-state index contributed by atoms with van der Waals surface area (Å²) in [7, 11) is 0. The van der Waals surface area contributed by atoms with E-state index >= 15 is 0 Å². The van der Waals surface area contributed by atoms with Crippen molar-refractivity contribution in [1.82, 2.24) is 19.8 Å². The van der Waals surface area contributed by atoms with E-state index in [1.165, 1.54) is 40.6 Å². The molecule has 1 saturated carbocycles. The zero-order chi connectivity index (χ0) is 26.3. The van der Waals surface area contributed by atoms with Crippen molar-refractivity contribution in [3.05, 3.63) is 46.8 Å². The van der Waals surface area contributed by atoms with Gasteiger partial charge in [0.1, 0.15) is 0 Å². The van der Waals surface area contributed by atoms with Crippen molar-refractivity contribution in [2.45, 2.75) is 45.2 Å². The number of carbonyl (C=O) groups is 1. The molecular weight excluding hydrogens is 545 g/mol. The molecule has 39 heavy (non-hydrogen) atoms. The summed E-state index contributed by atoms with van der Waals surface area (Å²) in [6.45, 7) is 6.82. The molecule has 0 spiro atoms. The Labute approximate surface area is 239 Å². The number of nitrogens with one attached hydrogen (secondary N) is 2. The lowest BCUT2D eigenvalue weighted by Gasteiger charge is -2.38. The second kappa shape index (κ2) is 10.6. The first-order chi connectivity index (χ1) is 19.1. The maximum Gasteiger partial charge on any atom is 0.242 e. The second-order valence-corrected chi connectivity index (χ2v) is 13.8.